The number of anilines is 2. The second-order valence-corrected chi connectivity index (χ2v) is 8.23. The molecule has 2 amide bonds. The molecular formula is C21H27ClN6O3S. The number of aryl methyl sites for hydroxylation is 1. The van der Waals surface area contributed by atoms with Crippen molar-refractivity contribution in [2.24, 2.45) is 0 Å². The number of thiocarbonyl (C=S) groups is 1. The summed E-state index contributed by atoms with van der Waals surface area (Å²) in [4.78, 5) is 28.2. The summed E-state index contributed by atoms with van der Waals surface area (Å²) in [5, 5.41) is 11.7. The van der Waals surface area contributed by atoms with Crippen molar-refractivity contribution in [2.75, 3.05) is 43.4 Å². The lowest BCUT2D eigenvalue weighted by Gasteiger charge is -2.35. The third-order valence-electron chi connectivity index (χ3n) is 5.12. The van der Waals surface area contributed by atoms with E-state index in [4.69, 9.17) is 28.6 Å². The average Bonchev–Trinajstić information content (AvgIpc) is 3.13. The van der Waals surface area contributed by atoms with Crippen LogP contribution in [0.4, 0.5) is 16.2 Å². The Bertz CT molecular complexity index is 990. The lowest BCUT2D eigenvalue weighted by atomic mass is 10.2. The summed E-state index contributed by atoms with van der Waals surface area (Å²) in [5.41, 5.74) is 2.19. The van der Waals surface area contributed by atoms with Crippen LogP contribution in [-0.2, 0) is 9.53 Å². The SMILES string of the molecule is CCOC(=O)N1CCN(C(=O)C(C)n2cc(NC(=S)Nc3cccc(Cl)c3)c(C)n2)CC1. The number of amides is 2. The van der Waals surface area contributed by atoms with E-state index in [1.165, 1.54) is 0 Å². The first-order valence-electron chi connectivity index (χ1n) is 10.4. The first-order chi connectivity index (χ1) is 15.3. The number of hydrogen-bond acceptors (Lipinski definition) is 5. The van der Waals surface area contributed by atoms with E-state index >= 15 is 0 Å². The highest BCUT2D eigenvalue weighted by molar-refractivity contribution is 7.80. The standard InChI is InChI=1S/C21H27ClN6O3S/c1-4-31-21(30)27-10-8-26(9-11-27)19(29)15(3)28-13-18(14(2)25-28)24-20(32)23-17-7-5-6-16(22)12-17/h5-7,12-13,15H,4,8-11H2,1-3H3,(H2,23,24,32). The van der Waals surface area contributed by atoms with Crippen molar-refractivity contribution >= 4 is 52.3 Å². The molecule has 11 heteroatoms. The predicted octanol–water partition coefficient (Wildman–Crippen LogP) is 3.52. The monoisotopic (exact) mass is 478 g/mol. The van der Waals surface area contributed by atoms with Gasteiger partial charge in [-0.3, -0.25) is 9.48 Å². The maximum atomic E-state index is 13.0. The van der Waals surface area contributed by atoms with Gasteiger partial charge in [0.2, 0.25) is 5.91 Å². The van der Waals surface area contributed by atoms with Gasteiger partial charge in [0.1, 0.15) is 6.04 Å². The third kappa shape index (κ3) is 5.89. The van der Waals surface area contributed by atoms with E-state index in [2.05, 4.69) is 15.7 Å². The Labute approximate surface area is 197 Å². The van der Waals surface area contributed by atoms with Crippen LogP contribution < -0.4 is 10.6 Å². The number of nitrogens with zero attached hydrogens (tertiary/aromatic N) is 4. The quantitative estimate of drug-likeness (QED) is 0.635. The lowest BCUT2D eigenvalue weighted by Crippen LogP contribution is -2.52. The molecule has 0 aliphatic carbocycles. The Morgan fingerprint density at radius 2 is 1.91 bits per heavy atom. The molecule has 1 unspecified atom stereocenters. The topological polar surface area (TPSA) is 91.7 Å². The zero-order chi connectivity index (χ0) is 23.3. The highest BCUT2D eigenvalue weighted by atomic mass is 35.5. The maximum Gasteiger partial charge on any atom is 0.409 e. The van der Waals surface area contributed by atoms with Gasteiger partial charge in [-0.1, -0.05) is 17.7 Å². The lowest BCUT2D eigenvalue weighted by molar-refractivity contribution is -0.136. The largest absolute Gasteiger partial charge is 0.450 e. The number of carbonyl (C=O) groups excluding carboxylic acids is 2. The van der Waals surface area contributed by atoms with Crippen LogP contribution >= 0.6 is 23.8 Å². The van der Waals surface area contributed by atoms with Crippen LogP contribution in [0.1, 0.15) is 25.6 Å². The molecule has 1 atom stereocenters. The smallest absolute Gasteiger partial charge is 0.409 e. The summed E-state index contributed by atoms with van der Waals surface area (Å²) in [6, 6.07) is 6.75. The van der Waals surface area contributed by atoms with Crippen molar-refractivity contribution in [3.8, 4) is 0 Å². The Hall–Kier alpha value is -2.85. The fourth-order valence-electron chi connectivity index (χ4n) is 3.36. The molecule has 2 heterocycles. The Morgan fingerprint density at radius 3 is 2.56 bits per heavy atom. The molecular weight excluding hydrogens is 452 g/mol. The fourth-order valence-corrected chi connectivity index (χ4v) is 3.77. The number of ether oxygens (including phenoxy) is 1. The highest BCUT2D eigenvalue weighted by Gasteiger charge is 2.28. The predicted molar refractivity (Wildman–Crippen MR) is 128 cm³/mol. The molecule has 1 aliphatic rings. The van der Waals surface area contributed by atoms with Crippen LogP contribution in [0.5, 0.6) is 0 Å². The van der Waals surface area contributed by atoms with Gasteiger partial charge in [-0.15, -0.1) is 0 Å². The zero-order valence-corrected chi connectivity index (χ0v) is 19.9. The van der Waals surface area contributed by atoms with Crippen molar-refractivity contribution < 1.29 is 14.3 Å². The normalized spacial score (nSPS) is 14.6. The minimum absolute atomic E-state index is 0.0535. The molecule has 0 bridgehead atoms. The van der Waals surface area contributed by atoms with Gasteiger partial charge in [0.15, 0.2) is 5.11 Å². The number of hydrogen-bond donors (Lipinski definition) is 2. The van der Waals surface area contributed by atoms with Crippen LogP contribution in [0.25, 0.3) is 0 Å². The van der Waals surface area contributed by atoms with Crippen molar-refractivity contribution in [1.82, 2.24) is 19.6 Å². The van der Waals surface area contributed by atoms with Crippen molar-refractivity contribution in [3.05, 3.63) is 41.2 Å². The summed E-state index contributed by atoms with van der Waals surface area (Å²) in [6.45, 7) is 7.57. The maximum absolute atomic E-state index is 13.0. The van der Waals surface area contributed by atoms with E-state index in [1.54, 1.807) is 46.7 Å². The minimum Gasteiger partial charge on any atom is -0.450 e. The molecule has 0 radical (unpaired) electrons. The molecule has 0 saturated carbocycles. The van der Waals surface area contributed by atoms with Gasteiger partial charge in [0, 0.05) is 43.1 Å². The number of carbonyl (C=O) groups is 2. The van der Waals surface area contributed by atoms with Crippen molar-refractivity contribution in [3.63, 3.8) is 0 Å². The molecule has 0 spiro atoms. The van der Waals surface area contributed by atoms with Crippen molar-refractivity contribution in [2.45, 2.75) is 26.8 Å². The fraction of sp³-hybridized carbons (Fsp3) is 0.429. The van der Waals surface area contributed by atoms with Gasteiger partial charge in [-0.2, -0.15) is 5.10 Å². The molecule has 1 aliphatic heterocycles. The van der Waals surface area contributed by atoms with Crippen LogP contribution in [-0.4, -0.2) is 69.5 Å². The first-order valence-corrected chi connectivity index (χ1v) is 11.2. The molecule has 172 valence electrons. The molecule has 3 rings (SSSR count). The molecule has 9 nitrogen and oxygen atoms in total. The number of nitrogens with one attached hydrogen (secondary N) is 2. The number of piperazine rings is 1. The molecule has 1 aromatic heterocycles. The summed E-state index contributed by atoms with van der Waals surface area (Å²) >= 11 is 11.4. The number of halogens is 1. The van der Waals surface area contributed by atoms with Gasteiger partial charge in [-0.25, -0.2) is 4.79 Å². The van der Waals surface area contributed by atoms with Crippen LogP contribution in [0, 0.1) is 6.92 Å². The molecule has 2 N–H and O–H groups in total. The second-order valence-electron chi connectivity index (χ2n) is 7.38. The minimum atomic E-state index is -0.493. The molecule has 32 heavy (non-hydrogen) atoms. The van der Waals surface area contributed by atoms with E-state index in [9.17, 15) is 9.59 Å². The van der Waals surface area contributed by atoms with E-state index < -0.39 is 6.04 Å². The van der Waals surface area contributed by atoms with Crippen LogP contribution in [0.2, 0.25) is 5.02 Å². The first kappa shape index (κ1) is 23.8. The number of rotatable bonds is 5. The van der Waals surface area contributed by atoms with Crippen molar-refractivity contribution in [1.29, 1.82) is 0 Å². The third-order valence-corrected chi connectivity index (χ3v) is 5.56. The molecule has 1 aromatic carbocycles. The van der Waals surface area contributed by atoms with Gasteiger partial charge in [0.05, 0.1) is 18.0 Å². The van der Waals surface area contributed by atoms with Gasteiger partial charge in [-0.05, 0) is 51.2 Å². The van der Waals surface area contributed by atoms with Crippen LogP contribution in [0.15, 0.2) is 30.5 Å². The van der Waals surface area contributed by atoms with E-state index in [0.29, 0.717) is 54.3 Å². The summed E-state index contributed by atoms with van der Waals surface area (Å²) in [7, 11) is 0. The molecule has 1 saturated heterocycles. The molecule has 2 aromatic rings. The summed E-state index contributed by atoms with van der Waals surface area (Å²) in [5.74, 6) is -0.0535. The molecule has 1 fully saturated rings. The summed E-state index contributed by atoms with van der Waals surface area (Å²) in [6.07, 6.45) is 1.42. The Balaban J connectivity index is 1.58. The van der Waals surface area contributed by atoms with Gasteiger partial charge < -0.3 is 25.2 Å². The second kappa shape index (κ2) is 10.6. The average molecular weight is 479 g/mol. The van der Waals surface area contributed by atoms with Gasteiger partial charge in [0.25, 0.3) is 0 Å². The Kier molecular flexibility index (Phi) is 7.92. The van der Waals surface area contributed by atoms with E-state index in [0.717, 1.165) is 5.69 Å². The summed E-state index contributed by atoms with van der Waals surface area (Å²) < 4.78 is 6.65. The number of aromatic nitrogens is 2. The Morgan fingerprint density at radius 1 is 1.22 bits per heavy atom. The van der Waals surface area contributed by atoms with E-state index in [-0.39, 0.29) is 12.0 Å². The number of benzene rings is 1. The highest BCUT2D eigenvalue weighted by Crippen LogP contribution is 2.20. The zero-order valence-electron chi connectivity index (χ0n) is 18.3. The van der Waals surface area contributed by atoms with Crippen LogP contribution in [0.3, 0.4) is 0 Å². The van der Waals surface area contributed by atoms with Gasteiger partial charge >= 0.3 is 6.09 Å². The van der Waals surface area contributed by atoms with E-state index in [1.807, 2.05) is 19.1 Å².